The van der Waals surface area contributed by atoms with Crippen molar-refractivity contribution in [2.45, 2.75) is 6.42 Å². The molecule has 0 spiro atoms. The smallest absolute Gasteiger partial charge is 0.422 e. The first-order chi connectivity index (χ1) is 9.01. The Hall–Kier alpha value is -1.80. The zero-order valence-corrected chi connectivity index (χ0v) is 11.4. The van der Waals surface area contributed by atoms with Crippen molar-refractivity contribution in [2.24, 2.45) is 5.73 Å². The quantitative estimate of drug-likeness (QED) is 0.790. The van der Waals surface area contributed by atoms with Crippen molar-refractivity contribution in [3.63, 3.8) is 0 Å². The van der Waals surface area contributed by atoms with Gasteiger partial charge in [0.15, 0.2) is 0 Å². The average Bonchev–Trinajstić information content (AvgIpc) is 2.39. The monoisotopic (exact) mass is 287 g/mol. The molecule has 0 radical (unpaired) electrons. The van der Waals surface area contributed by atoms with Crippen molar-refractivity contribution in [3.8, 4) is 0 Å². The Morgan fingerprint density at radius 3 is 2.53 bits per heavy atom. The lowest BCUT2D eigenvalue weighted by atomic mass is 10.3. The largest absolute Gasteiger partial charge is 0.452 e. The highest BCUT2D eigenvalue weighted by atomic mass is 32.2. The second-order valence-electron chi connectivity index (χ2n) is 3.65. The molecule has 3 N–H and O–H groups in total. The molecule has 0 bridgehead atoms. The molecule has 106 valence electrons. The minimum absolute atomic E-state index is 0.173. The molecule has 0 aliphatic carbocycles. The molecular formula is C11H17N3O4S. The molecule has 0 aliphatic heterocycles. The summed E-state index contributed by atoms with van der Waals surface area (Å²) in [6, 6.07) is 8.45. The van der Waals surface area contributed by atoms with Gasteiger partial charge in [-0.1, -0.05) is 18.2 Å². The van der Waals surface area contributed by atoms with Gasteiger partial charge in [0.25, 0.3) is 0 Å². The molecule has 7 nitrogen and oxygen atoms in total. The fraction of sp³-hybridized carbons (Fsp3) is 0.364. The molecule has 1 aromatic carbocycles. The van der Waals surface area contributed by atoms with E-state index in [9.17, 15) is 13.2 Å². The number of para-hydroxylation sites is 1. The summed E-state index contributed by atoms with van der Waals surface area (Å²) in [5.41, 5.74) is 5.84. The van der Waals surface area contributed by atoms with E-state index in [-0.39, 0.29) is 6.54 Å². The third-order valence-corrected chi connectivity index (χ3v) is 3.70. The molecule has 19 heavy (non-hydrogen) atoms. The normalized spacial score (nSPS) is 10.8. The Morgan fingerprint density at radius 1 is 1.37 bits per heavy atom. The first-order valence-corrected chi connectivity index (χ1v) is 7.09. The fourth-order valence-electron chi connectivity index (χ4n) is 1.42. The molecule has 1 aromatic rings. The summed E-state index contributed by atoms with van der Waals surface area (Å²) in [6.07, 6.45) is -0.564. The number of hydrogen-bond donors (Lipinski definition) is 2. The summed E-state index contributed by atoms with van der Waals surface area (Å²) >= 11 is 0. The lowest BCUT2D eigenvalue weighted by Gasteiger charge is -2.23. The van der Waals surface area contributed by atoms with Crippen molar-refractivity contribution in [1.82, 2.24) is 4.72 Å². The van der Waals surface area contributed by atoms with Gasteiger partial charge in [-0.25, -0.2) is 9.52 Å². The third kappa shape index (κ3) is 4.42. The topological polar surface area (TPSA) is 102 Å². The molecule has 0 heterocycles. The zero-order chi connectivity index (χ0) is 14.3. The Morgan fingerprint density at radius 2 is 2.00 bits per heavy atom. The number of hydrogen-bond acceptors (Lipinski definition) is 5. The van der Waals surface area contributed by atoms with E-state index in [4.69, 9.17) is 5.73 Å². The minimum atomic E-state index is -4.01. The van der Waals surface area contributed by atoms with Crippen molar-refractivity contribution < 1.29 is 17.9 Å². The van der Waals surface area contributed by atoms with Crippen LogP contribution in [-0.4, -0.2) is 34.7 Å². The average molecular weight is 287 g/mol. The molecule has 1 amide bonds. The minimum Gasteiger partial charge on any atom is -0.452 e. The van der Waals surface area contributed by atoms with Crippen LogP contribution in [0.5, 0.6) is 0 Å². The fourth-order valence-corrected chi connectivity index (χ4v) is 2.59. The van der Waals surface area contributed by atoms with E-state index in [2.05, 4.69) is 4.74 Å². The van der Waals surface area contributed by atoms with Gasteiger partial charge in [0.05, 0.1) is 12.8 Å². The molecule has 0 aromatic heterocycles. The summed E-state index contributed by atoms with van der Waals surface area (Å²) in [5.74, 6) is 0. The number of anilines is 1. The van der Waals surface area contributed by atoms with E-state index in [1.165, 1.54) is 0 Å². The molecule has 0 unspecified atom stereocenters. The maximum atomic E-state index is 12.1. The second-order valence-corrected chi connectivity index (χ2v) is 5.24. The second kappa shape index (κ2) is 6.95. The summed E-state index contributed by atoms with van der Waals surface area (Å²) in [6.45, 7) is 0.518. The van der Waals surface area contributed by atoms with Crippen LogP contribution in [0.15, 0.2) is 30.3 Å². The van der Waals surface area contributed by atoms with Gasteiger partial charge in [-0.05, 0) is 25.1 Å². The van der Waals surface area contributed by atoms with Crippen LogP contribution in [-0.2, 0) is 14.9 Å². The molecule has 0 fully saturated rings. The summed E-state index contributed by atoms with van der Waals surface area (Å²) in [5, 5.41) is 0. The highest BCUT2D eigenvalue weighted by molar-refractivity contribution is 7.91. The number of nitrogens with zero attached hydrogens (tertiary/aromatic N) is 1. The number of methoxy groups -OCH3 is 1. The van der Waals surface area contributed by atoms with Gasteiger partial charge in [-0.2, -0.15) is 8.42 Å². The van der Waals surface area contributed by atoms with Crippen molar-refractivity contribution in [3.05, 3.63) is 30.3 Å². The van der Waals surface area contributed by atoms with Crippen molar-refractivity contribution in [1.29, 1.82) is 0 Å². The molecule has 0 aliphatic rings. The predicted molar refractivity (Wildman–Crippen MR) is 71.9 cm³/mol. The first kappa shape index (κ1) is 15.3. The van der Waals surface area contributed by atoms with Crippen LogP contribution in [0.1, 0.15) is 6.42 Å². The van der Waals surface area contributed by atoms with Crippen LogP contribution in [0.4, 0.5) is 10.5 Å². The van der Waals surface area contributed by atoms with Gasteiger partial charge in [0.1, 0.15) is 0 Å². The van der Waals surface area contributed by atoms with Gasteiger partial charge in [0.2, 0.25) is 0 Å². The number of benzene rings is 1. The van der Waals surface area contributed by atoms with Gasteiger partial charge in [-0.15, -0.1) is 0 Å². The highest BCUT2D eigenvalue weighted by Gasteiger charge is 2.24. The molecular weight excluding hydrogens is 270 g/mol. The van der Waals surface area contributed by atoms with E-state index in [0.29, 0.717) is 18.7 Å². The highest BCUT2D eigenvalue weighted by Crippen LogP contribution is 2.16. The SMILES string of the molecule is COC(=O)NS(=O)(=O)N(CCCN)c1ccccc1. The number of nitrogens with one attached hydrogen (secondary N) is 1. The van der Waals surface area contributed by atoms with Crippen LogP contribution < -0.4 is 14.8 Å². The standard InChI is InChI=1S/C11H17N3O4S/c1-18-11(15)13-19(16,17)14(9-5-8-12)10-6-3-2-4-7-10/h2-4,6-7H,5,8-9,12H2,1H3,(H,13,15). The summed E-state index contributed by atoms with van der Waals surface area (Å²) in [4.78, 5) is 11.1. The van der Waals surface area contributed by atoms with E-state index < -0.39 is 16.3 Å². The Balaban J connectivity index is 3.00. The van der Waals surface area contributed by atoms with Gasteiger partial charge >= 0.3 is 16.3 Å². The maximum absolute atomic E-state index is 12.1. The van der Waals surface area contributed by atoms with Gasteiger partial charge in [0, 0.05) is 6.54 Å². The predicted octanol–water partition coefficient (Wildman–Crippen LogP) is 0.443. The maximum Gasteiger partial charge on any atom is 0.422 e. The van der Waals surface area contributed by atoms with Crippen LogP contribution in [0, 0.1) is 0 Å². The lowest BCUT2D eigenvalue weighted by molar-refractivity contribution is 0.177. The zero-order valence-electron chi connectivity index (χ0n) is 10.6. The molecule has 1 rings (SSSR count). The van der Waals surface area contributed by atoms with E-state index >= 15 is 0 Å². The van der Waals surface area contributed by atoms with E-state index in [0.717, 1.165) is 11.4 Å². The molecule has 0 atom stereocenters. The van der Waals surface area contributed by atoms with Gasteiger partial charge < -0.3 is 10.5 Å². The Labute approximate surface area is 112 Å². The van der Waals surface area contributed by atoms with E-state index in [1.54, 1.807) is 30.3 Å². The van der Waals surface area contributed by atoms with Crippen LogP contribution in [0.25, 0.3) is 0 Å². The molecule has 8 heteroatoms. The summed E-state index contributed by atoms with van der Waals surface area (Å²) < 4.78 is 31.3. The van der Waals surface area contributed by atoms with E-state index in [1.807, 2.05) is 4.72 Å². The lowest BCUT2D eigenvalue weighted by Crippen LogP contribution is -2.44. The first-order valence-electron chi connectivity index (χ1n) is 5.65. The van der Waals surface area contributed by atoms with Gasteiger partial charge in [-0.3, -0.25) is 4.31 Å². The molecule has 0 saturated heterocycles. The number of carbonyl (C=O) groups is 1. The van der Waals surface area contributed by atoms with Crippen molar-refractivity contribution >= 4 is 22.0 Å². The number of nitrogens with two attached hydrogens (primary N) is 1. The van der Waals surface area contributed by atoms with Crippen LogP contribution >= 0.6 is 0 Å². The van der Waals surface area contributed by atoms with Crippen LogP contribution in [0.2, 0.25) is 0 Å². The Bertz CT molecular complexity index is 504. The number of ether oxygens (including phenoxy) is 1. The number of carbonyl (C=O) groups excluding carboxylic acids is 1. The van der Waals surface area contributed by atoms with Crippen molar-refractivity contribution in [2.75, 3.05) is 24.5 Å². The Kier molecular flexibility index (Phi) is 5.58. The molecule has 0 saturated carbocycles. The van der Waals surface area contributed by atoms with Crippen LogP contribution in [0.3, 0.4) is 0 Å². The summed E-state index contributed by atoms with van der Waals surface area (Å²) in [7, 11) is -2.91. The third-order valence-electron chi connectivity index (χ3n) is 2.30. The number of amides is 1. The number of rotatable bonds is 6.